The molecule has 3 nitrogen and oxygen atoms in total. The van der Waals surface area contributed by atoms with Crippen molar-refractivity contribution in [2.75, 3.05) is 0 Å². The minimum Gasteiger partial charge on any atom is -0.370 e. The third-order valence-electron chi connectivity index (χ3n) is 3.57. The number of hydrogen-bond acceptors (Lipinski definition) is 1. The van der Waals surface area contributed by atoms with Gasteiger partial charge in [0.2, 0.25) is 0 Å². The summed E-state index contributed by atoms with van der Waals surface area (Å²) in [6.07, 6.45) is -0.845. The van der Waals surface area contributed by atoms with Crippen molar-refractivity contribution in [3.8, 4) is 0 Å². The van der Waals surface area contributed by atoms with Gasteiger partial charge in [-0.1, -0.05) is 12.8 Å². The number of nitrogens with one attached hydrogen (secondary N) is 1. The van der Waals surface area contributed by atoms with Crippen LogP contribution < -0.4 is 11.1 Å². The van der Waals surface area contributed by atoms with Crippen molar-refractivity contribution in [2.45, 2.75) is 44.4 Å². The monoisotopic (exact) mass is 449 g/mol. The number of hydrogen-bond donors (Lipinski definition) is 2. The zero-order valence-corrected chi connectivity index (χ0v) is 14.4. The molecule has 1 aromatic rings. The average molecular weight is 449 g/mol. The first-order valence-corrected chi connectivity index (χ1v) is 6.89. The first-order chi connectivity index (χ1) is 10.3. The molecule has 0 radical (unpaired) electrons. The number of halogens is 6. The molecule has 130 valence electrons. The number of benzene rings is 1. The first kappa shape index (κ1) is 19.9. The van der Waals surface area contributed by atoms with Crippen LogP contribution in [0.4, 0.5) is 22.0 Å². The molecule has 3 N–H and O–H groups in total. The van der Waals surface area contributed by atoms with Gasteiger partial charge in [0.1, 0.15) is 11.6 Å². The Kier molecular flexibility index (Phi) is 7.02. The number of guanidine groups is 1. The second-order valence-electron chi connectivity index (χ2n) is 5.25. The molecule has 0 aromatic heterocycles. The summed E-state index contributed by atoms with van der Waals surface area (Å²) in [5.41, 5.74) is 3.73. The fourth-order valence-corrected chi connectivity index (χ4v) is 2.42. The van der Waals surface area contributed by atoms with Gasteiger partial charge in [0.15, 0.2) is 5.96 Å². The van der Waals surface area contributed by atoms with Crippen LogP contribution in [0.3, 0.4) is 0 Å². The Morgan fingerprint density at radius 3 is 2.35 bits per heavy atom. The van der Waals surface area contributed by atoms with Crippen LogP contribution in [-0.2, 0) is 12.7 Å². The molecule has 0 spiro atoms. The first-order valence-electron chi connectivity index (χ1n) is 6.89. The van der Waals surface area contributed by atoms with Gasteiger partial charge in [-0.15, -0.1) is 24.0 Å². The number of nitrogens with two attached hydrogens (primary N) is 1. The molecule has 0 unspecified atom stereocenters. The summed E-state index contributed by atoms with van der Waals surface area (Å²) in [4.78, 5) is 3.85. The standard InChI is InChI=1S/C14H16F5N3.HI/c15-11-6-10(14(17,18)19)12(16)5-8(11)7-21-13(20)22-9-3-1-2-4-9;/h5-6,9H,1-4,7H2,(H3,20,21,22);1H. The van der Waals surface area contributed by atoms with Gasteiger partial charge >= 0.3 is 6.18 Å². The van der Waals surface area contributed by atoms with E-state index >= 15 is 0 Å². The predicted molar refractivity (Wildman–Crippen MR) is 87.5 cm³/mol. The maximum Gasteiger partial charge on any atom is 0.419 e. The summed E-state index contributed by atoms with van der Waals surface area (Å²) in [5.74, 6) is -2.61. The fraction of sp³-hybridized carbons (Fsp3) is 0.500. The van der Waals surface area contributed by atoms with Crippen LogP contribution in [0.5, 0.6) is 0 Å². The summed E-state index contributed by atoms with van der Waals surface area (Å²) in [5, 5.41) is 2.95. The van der Waals surface area contributed by atoms with Crippen molar-refractivity contribution in [3.63, 3.8) is 0 Å². The van der Waals surface area contributed by atoms with Crippen LogP contribution >= 0.6 is 24.0 Å². The van der Waals surface area contributed by atoms with E-state index in [1.54, 1.807) is 0 Å². The second kappa shape index (κ2) is 8.11. The molecule has 1 aliphatic rings. The highest BCUT2D eigenvalue weighted by Crippen LogP contribution is 2.32. The molecule has 1 saturated carbocycles. The molecule has 1 fully saturated rings. The van der Waals surface area contributed by atoms with Gasteiger partial charge in [0, 0.05) is 11.6 Å². The van der Waals surface area contributed by atoms with Gasteiger partial charge in [-0.25, -0.2) is 13.8 Å². The quantitative estimate of drug-likeness (QED) is 0.318. The summed E-state index contributed by atoms with van der Waals surface area (Å²) < 4.78 is 64.3. The predicted octanol–water partition coefficient (Wildman–Crippen LogP) is 3.95. The highest BCUT2D eigenvalue weighted by molar-refractivity contribution is 14.0. The molecule has 0 saturated heterocycles. The molecule has 1 aromatic carbocycles. The van der Waals surface area contributed by atoms with E-state index in [4.69, 9.17) is 5.73 Å². The van der Waals surface area contributed by atoms with Crippen LogP contribution in [0.1, 0.15) is 36.8 Å². The van der Waals surface area contributed by atoms with Gasteiger partial charge in [0.25, 0.3) is 0 Å². The zero-order valence-electron chi connectivity index (χ0n) is 12.1. The lowest BCUT2D eigenvalue weighted by Crippen LogP contribution is -2.38. The molecular formula is C14H17F5IN3. The Bertz CT molecular complexity index is 568. The van der Waals surface area contributed by atoms with E-state index in [2.05, 4.69) is 10.3 Å². The van der Waals surface area contributed by atoms with Gasteiger partial charge in [0.05, 0.1) is 12.1 Å². The van der Waals surface area contributed by atoms with Crippen LogP contribution in [0.25, 0.3) is 0 Å². The maximum absolute atomic E-state index is 13.6. The van der Waals surface area contributed by atoms with E-state index in [1.807, 2.05) is 0 Å². The molecular weight excluding hydrogens is 432 g/mol. The Balaban J connectivity index is 0.00000264. The van der Waals surface area contributed by atoms with Crippen LogP contribution in [0.15, 0.2) is 17.1 Å². The van der Waals surface area contributed by atoms with Crippen LogP contribution in [-0.4, -0.2) is 12.0 Å². The minimum absolute atomic E-state index is 0. The minimum atomic E-state index is -4.93. The normalized spacial score (nSPS) is 16.3. The number of aliphatic imine (C=N–C) groups is 1. The van der Waals surface area contributed by atoms with Crippen LogP contribution in [0, 0.1) is 11.6 Å². The zero-order chi connectivity index (χ0) is 16.3. The van der Waals surface area contributed by atoms with E-state index < -0.39 is 23.4 Å². The number of rotatable bonds is 3. The van der Waals surface area contributed by atoms with Crippen molar-refractivity contribution in [1.29, 1.82) is 0 Å². The lowest BCUT2D eigenvalue weighted by atomic mass is 10.1. The Labute approximate surface area is 147 Å². The largest absolute Gasteiger partial charge is 0.419 e. The van der Waals surface area contributed by atoms with Gasteiger partial charge < -0.3 is 11.1 Å². The third kappa shape index (κ3) is 5.47. The third-order valence-corrected chi connectivity index (χ3v) is 3.57. The lowest BCUT2D eigenvalue weighted by Gasteiger charge is -2.13. The van der Waals surface area contributed by atoms with E-state index in [9.17, 15) is 22.0 Å². The van der Waals surface area contributed by atoms with Crippen molar-refractivity contribution in [3.05, 3.63) is 34.9 Å². The lowest BCUT2D eigenvalue weighted by molar-refractivity contribution is -0.140. The SMILES string of the molecule is I.NC(=NCc1cc(F)c(C(F)(F)F)cc1F)NC1CCCC1. The van der Waals surface area contributed by atoms with Gasteiger partial charge in [-0.05, 0) is 25.0 Å². The Hall–Kier alpha value is -1.13. The summed E-state index contributed by atoms with van der Waals surface area (Å²) in [6.45, 7) is -0.327. The van der Waals surface area contributed by atoms with E-state index in [-0.39, 0.29) is 54.2 Å². The summed E-state index contributed by atoms with van der Waals surface area (Å²) >= 11 is 0. The molecule has 0 amide bonds. The smallest absolute Gasteiger partial charge is 0.370 e. The summed E-state index contributed by atoms with van der Waals surface area (Å²) in [7, 11) is 0. The average Bonchev–Trinajstić information content (AvgIpc) is 2.90. The maximum atomic E-state index is 13.6. The van der Waals surface area contributed by atoms with Gasteiger partial charge in [-0.3, -0.25) is 0 Å². The van der Waals surface area contributed by atoms with E-state index in [0.29, 0.717) is 6.07 Å². The van der Waals surface area contributed by atoms with Gasteiger partial charge in [-0.2, -0.15) is 13.2 Å². The molecule has 2 rings (SSSR count). The van der Waals surface area contributed by atoms with Crippen LogP contribution in [0.2, 0.25) is 0 Å². The van der Waals surface area contributed by atoms with E-state index in [1.165, 1.54) is 0 Å². The highest BCUT2D eigenvalue weighted by atomic mass is 127. The highest BCUT2D eigenvalue weighted by Gasteiger charge is 2.35. The summed E-state index contributed by atoms with van der Waals surface area (Å²) in [6, 6.07) is 0.851. The molecule has 23 heavy (non-hydrogen) atoms. The number of alkyl halides is 3. The van der Waals surface area contributed by atoms with Crippen molar-refractivity contribution >= 4 is 29.9 Å². The topological polar surface area (TPSA) is 50.4 Å². The molecule has 0 bridgehead atoms. The Morgan fingerprint density at radius 2 is 1.78 bits per heavy atom. The number of nitrogens with zero attached hydrogens (tertiary/aromatic N) is 1. The molecule has 0 aliphatic heterocycles. The van der Waals surface area contributed by atoms with Crippen molar-refractivity contribution in [1.82, 2.24) is 5.32 Å². The molecule has 0 atom stereocenters. The van der Waals surface area contributed by atoms with Crippen molar-refractivity contribution < 1.29 is 22.0 Å². The Morgan fingerprint density at radius 1 is 1.17 bits per heavy atom. The molecule has 9 heteroatoms. The molecule has 0 heterocycles. The van der Waals surface area contributed by atoms with Crippen molar-refractivity contribution in [2.24, 2.45) is 10.7 Å². The second-order valence-corrected chi connectivity index (χ2v) is 5.25. The molecule has 1 aliphatic carbocycles. The fourth-order valence-electron chi connectivity index (χ4n) is 2.42. The van der Waals surface area contributed by atoms with E-state index in [0.717, 1.165) is 25.7 Å².